The number of thiazole rings is 1. The molecule has 1 N–H and O–H groups in total. The summed E-state index contributed by atoms with van der Waals surface area (Å²) in [7, 11) is 0. The van der Waals surface area contributed by atoms with E-state index in [1.165, 1.54) is 4.57 Å². The first-order valence-electron chi connectivity index (χ1n) is 5.05. The molecule has 1 aromatic heterocycles. The Morgan fingerprint density at radius 2 is 2.12 bits per heavy atom. The first-order valence-corrected chi connectivity index (χ1v) is 5.93. The number of hydrogen-bond acceptors (Lipinski definition) is 3. The standard InChI is InChI=1S/C12H11NO3S/c1-8-4-2-3-5-9(8)10-7-17-12(16)13(10)6-11(14)15/h2-5,7H,6H2,1H3,(H,14,15). The van der Waals surface area contributed by atoms with Crippen molar-refractivity contribution in [3.63, 3.8) is 0 Å². The minimum atomic E-state index is -1.01. The van der Waals surface area contributed by atoms with Gasteiger partial charge in [0.15, 0.2) is 0 Å². The minimum Gasteiger partial charge on any atom is -0.480 e. The van der Waals surface area contributed by atoms with E-state index in [-0.39, 0.29) is 11.4 Å². The molecule has 2 aromatic rings. The molecule has 0 unspecified atom stereocenters. The molecule has 0 aliphatic carbocycles. The molecule has 1 aromatic carbocycles. The van der Waals surface area contributed by atoms with Crippen LogP contribution in [-0.2, 0) is 11.3 Å². The van der Waals surface area contributed by atoms with Crippen molar-refractivity contribution < 1.29 is 9.90 Å². The maximum Gasteiger partial charge on any atom is 0.323 e. The van der Waals surface area contributed by atoms with Crippen molar-refractivity contribution in [2.75, 3.05) is 0 Å². The van der Waals surface area contributed by atoms with Crippen molar-refractivity contribution in [3.05, 3.63) is 44.9 Å². The van der Waals surface area contributed by atoms with Gasteiger partial charge in [0.05, 0.1) is 5.69 Å². The lowest BCUT2D eigenvalue weighted by atomic mass is 10.1. The van der Waals surface area contributed by atoms with E-state index in [1.807, 2.05) is 31.2 Å². The Morgan fingerprint density at radius 1 is 1.41 bits per heavy atom. The van der Waals surface area contributed by atoms with Crippen molar-refractivity contribution in [3.8, 4) is 11.3 Å². The van der Waals surface area contributed by atoms with Crippen LogP contribution in [0.15, 0.2) is 34.4 Å². The summed E-state index contributed by atoms with van der Waals surface area (Å²) in [5.74, 6) is -1.01. The number of aromatic nitrogens is 1. The average molecular weight is 249 g/mol. The average Bonchev–Trinajstić information content (AvgIpc) is 2.61. The Bertz CT molecular complexity index is 612. The van der Waals surface area contributed by atoms with E-state index < -0.39 is 5.97 Å². The zero-order valence-corrected chi connectivity index (χ0v) is 10.0. The molecule has 0 amide bonds. The van der Waals surface area contributed by atoms with Crippen LogP contribution in [0.5, 0.6) is 0 Å². The molecule has 17 heavy (non-hydrogen) atoms. The number of carboxylic acid groups (broad SMARTS) is 1. The summed E-state index contributed by atoms with van der Waals surface area (Å²) in [6.07, 6.45) is 0. The maximum absolute atomic E-state index is 11.6. The molecule has 0 spiro atoms. The highest BCUT2D eigenvalue weighted by atomic mass is 32.1. The van der Waals surface area contributed by atoms with Crippen LogP contribution >= 0.6 is 11.3 Å². The Balaban J connectivity index is 2.57. The molecule has 5 heteroatoms. The van der Waals surface area contributed by atoms with Gasteiger partial charge < -0.3 is 5.11 Å². The summed E-state index contributed by atoms with van der Waals surface area (Å²) in [6, 6.07) is 7.60. The summed E-state index contributed by atoms with van der Waals surface area (Å²) in [5, 5.41) is 10.5. The van der Waals surface area contributed by atoms with Crippen LogP contribution in [0.3, 0.4) is 0 Å². The molecule has 0 bridgehead atoms. The van der Waals surface area contributed by atoms with E-state index in [0.717, 1.165) is 22.5 Å². The van der Waals surface area contributed by atoms with E-state index >= 15 is 0 Å². The van der Waals surface area contributed by atoms with E-state index in [0.29, 0.717) is 5.69 Å². The lowest BCUT2D eigenvalue weighted by molar-refractivity contribution is -0.137. The molecular formula is C12H11NO3S. The van der Waals surface area contributed by atoms with Crippen LogP contribution in [0.25, 0.3) is 11.3 Å². The normalized spacial score (nSPS) is 10.4. The van der Waals surface area contributed by atoms with Crippen molar-refractivity contribution in [1.29, 1.82) is 0 Å². The minimum absolute atomic E-state index is 0.245. The molecule has 0 aliphatic heterocycles. The SMILES string of the molecule is Cc1ccccc1-c1csc(=O)n1CC(=O)O. The fourth-order valence-corrected chi connectivity index (χ4v) is 2.44. The molecule has 0 fully saturated rings. The number of carbonyl (C=O) groups is 1. The van der Waals surface area contributed by atoms with Gasteiger partial charge in [-0.1, -0.05) is 35.6 Å². The highest BCUT2D eigenvalue weighted by Crippen LogP contribution is 2.23. The van der Waals surface area contributed by atoms with Crippen LogP contribution in [-0.4, -0.2) is 15.6 Å². The van der Waals surface area contributed by atoms with Gasteiger partial charge in [0.25, 0.3) is 0 Å². The monoisotopic (exact) mass is 249 g/mol. The van der Waals surface area contributed by atoms with E-state index in [9.17, 15) is 9.59 Å². The second-order valence-electron chi connectivity index (χ2n) is 3.68. The third kappa shape index (κ3) is 2.29. The second-order valence-corrected chi connectivity index (χ2v) is 4.50. The number of rotatable bonds is 3. The van der Waals surface area contributed by atoms with Gasteiger partial charge in [0.1, 0.15) is 6.54 Å². The maximum atomic E-state index is 11.6. The lowest BCUT2D eigenvalue weighted by Gasteiger charge is -2.07. The Kier molecular flexibility index (Phi) is 3.10. The molecule has 0 aliphatic rings. The van der Waals surface area contributed by atoms with Gasteiger partial charge in [-0.15, -0.1) is 0 Å². The molecular weight excluding hydrogens is 238 g/mol. The molecule has 0 saturated heterocycles. The Labute approximate surface area is 102 Å². The third-order valence-corrected chi connectivity index (χ3v) is 3.26. The highest BCUT2D eigenvalue weighted by Gasteiger charge is 2.12. The third-order valence-electron chi connectivity index (χ3n) is 2.50. The summed E-state index contributed by atoms with van der Waals surface area (Å²) in [5.41, 5.74) is 2.58. The van der Waals surface area contributed by atoms with Crippen LogP contribution in [0.2, 0.25) is 0 Å². The van der Waals surface area contributed by atoms with Gasteiger partial charge in [0.2, 0.25) is 0 Å². The van der Waals surface area contributed by atoms with Gasteiger partial charge in [-0.2, -0.15) is 0 Å². The smallest absolute Gasteiger partial charge is 0.323 e. The van der Waals surface area contributed by atoms with Gasteiger partial charge in [-0.05, 0) is 12.5 Å². The second kappa shape index (κ2) is 4.55. The number of hydrogen-bond donors (Lipinski definition) is 1. The largest absolute Gasteiger partial charge is 0.480 e. The summed E-state index contributed by atoms with van der Waals surface area (Å²) in [6.45, 7) is 1.63. The summed E-state index contributed by atoms with van der Waals surface area (Å²) in [4.78, 5) is 22.1. The Morgan fingerprint density at radius 3 is 2.76 bits per heavy atom. The molecule has 0 atom stereocenters. The number of benzene rings is 1. The van der Waals surface area contributed by atoms with Crippen molar-refractivity contribution in [2.45, 2.75) is 13.5 Å². The van der Waals surface area contributed by atoms with Gasteiger partial charge >= 0.3 is 10.8 Å². The molecule has 0 saturated carbocycles. The summed E-state index contributed by atoms with van der Waals surface area (Å²) >= 11 is 1.02. The molecule has 2 rings (SSSR count). The number of aliphatic carboxylic acids is 1. The van der Waals surface area contributed by atoms with Crippen molar-refractivity contribution >= 4 is 17.3 Å². The van der Waals surface area contributed by atoms with E-state index in [2.05, 4.69) is 0 Å². The van der Waals surface area contributed by atoms with Crippen molar-refractivity contribution in [2.24, 2.45) is 0 Å². The van der Waals surface area contributed by atoms with Crippen LogP contribution in [0.1, 0.15) is 5.56 Å². The fourth-order valence-electron chi connectivity index (χ4n) is 1.69. The highest BCUT2D eigenvalue weighted by molar-refractivity contribution is 7.07. The number of aryl methyl sites for hydroxylation is 1. The molecule has 0 radical (unpaired) electrons. The van der Waals surface area contributed by atoms with Crippen LogP contribution < -0.4 is 4.87 Å². The quantitative estimate of drug-likeness (QED) is 0.904. The van der Waals surface area contributed by atoms with Gasteiger partial charge in [-0.25, -0.2) is 0 Å². The van der Waals surface area contributed by atoms with Gasteiger partial charge in [0, 0.05) is 10.9 Å². The lowest BCUT2D eigenvalue weighted by Crippen LogP contribution is -2.19. The molecule has 4 nitrogen and oxygen atoms in total. The van der Waals surface area contributed by atoms with Crippen molar-refractivity contribution in [1.82, 2.24) is 4.57 Å². The molecule has 1 heterocycles. The topological polar surface area (TPSA) is 59.3 Å². The first-order chi connectivity index (χ1) is 8.09. The number of nitrogens with zero attached hydrogens (tertiary/aromatic N) is 1. The fraction of sp³-hybridized carbons (Fsp3) is 0.167. The van der Waals surface area contributed by atoms with E-state index in [1.54, 1.807) is 5.38 Å². The van der Waals surface area contributed by atoms with E-state index in [4.69, 9.17) is 5.11 Å². The zero-order chi connectivity index (χ0) is 12.4. The predicted molar refractivity (Wildman–Crippen MR) is 66.4 cm³/mol. The van der Waals surface area contributed by atoms with Gasteiger partial charge in [-0.3, -0.25) is 14.2 Å². The number of carboxylic acids is 1. The predicted octanol–water partition coefficient (Wildman–Crippen LogP) is 1.97. The molecule has 88 valence electrons. The van der Waals surface area contributed by atoms with Crippen LogP contribution in [0.4, 0.5) is 0 Å². The Hall–Kier alpha value is -1.88. The first kappa shape index (κ1) is 11.6. The zero-order valence-electron chi connectivity index (χ0n) is 9.21. The van der Waals surface area contributed by atoms with Crippen LogP contribution in [0, 0.1) is 6.92 Å². The summed E-state index contributed by atoms with van der Waals surface area (Å²) < 4.78 is 1.29.